The van der Waals surface area contributed by atoms with Gasteiger partial charge in [-0.15, -0.1) is 0 Å². The molecule has 6 nitrogen and oxygen atoms in total. The van der Waals surface area contributed by atoms with E-state index >= 15 is 0 Å². The number of nitrogens with two attached hydrogens (primary N) is 1. The number of ether oxygens (including phenoxy) is 1. The van der Waals surface area contributed by atoms with Crippen LogP contribution in [0.25, 0.3) is 6.08 Å². The molecule has 0 aliphatic carbocycles. The lowest BCUT2D eigenvalue weighted by Gasteiger charge is -2.11. The minimum absolute atomic E-state index is 0.174. The van der Waals surface area contributed by atoms with Gasteiger partial charge in [-0.1, -0.05) is 30.3 Å². The van der Waals surface area contributed by atoms with Crippen LogP contribution < -0.4 is 21.1 Å². The Morgan fingerprint density at radius 3 is 2.56 bits per heavy atom. The molecule has 2 amide bonds. The van der Waals surface area contributed by atoms with Crippen LogP contribution in [0, 0.1) is 0 Å². The summed E-state index contributed by atoms with van der Waals surface area (Å²) in [5.74, 6) is 0.00112. The minimum Gasteiger partial charge on any atom is -0.494 e. The minimum atomic E-state index is -0.276. The van der Waals surface area contributed by atoms with Crippen LogP contribution in [0.4, 0.5) is 11.4 Å². The van der Waals surface area contributed by atoms with Gasteiger partial charge in [0.05, 0.1) is 12.8 Å². The number of carbonyl (C=O) groups is 2. The molecular formula is C19H21N3O3. The molecule has 0 bridgehead atoms. The summed E-state index contributed by atoms with van der Waals surface area (Å²) in [5, 5.41) is 5.47. The number of benzene rings is 2. The van der Waals surface area contributed by atoms with Gasteiger partial charge in [0.2, 0.25) is 11.8 Å². The summed E-state index contributed by atoms with van der Waals surface area (Å²) in [7, 11) is 1.50. The first-order valence-electron chi connectivity index (χ1n) is 7.84. The van der Waals surface area contributed by atoms with Crippen LogP contribution in [0.15, 0.2) is 54.6 Å². The van der Waals surface area contributed by atoms with E-state index in [1.54, 1.807) is 24.3 Å². The van der Waals surface area contributed by atoms with Crippen molar-refractivity contribution < 1.29 is 14.3 Å². The largest absolute Gasteiger partial charge is 0.494 e. The summed E-state index contributed by atoms with van der Waals surface area (Å²) in [6.45, 7) is 0.283. The van der Waals surface area contributed by atoms with Crippen molar-refractivity contribution in [2.24, 2.45) is 5.73 Å². The Labute approximate surface area is 146 Å². The van der Waals surface area contributed by atoms with Crippen molar-refractivity contribution in [3.63, 3.8) is 0 Å². The third-order valence-corrected chi connectivity index (χ3v) is 3.34. The Bertz CT molecular complexity index is 758. The molecule has 0 aliphatic rings. The second kappa shape index (κ2) is 9.24. The summed E-state index contributed by atoms with van der Waals surface area (Å²) in [4.78, 5) is 23.6. The fourth-order valence-electron chi connectivity index (χ4n) is 2.14. The standard InChI is InChI=1S/C19H21N3O3/c1-25-17-13-15(21-19(24)11-12-20)8-9-16(17)22-18(23)10-7-14-5-3-2-4-6-14/h2-10,13H,11-12,20H2,1H3,(H,21,24)(H,22,23)/b10-7+. The van der Waals surface area contributed by atoms with E-state index in [0.29, 0.717) is 17.1 Å². The molecule has 0 spiro atoms. The SMILES string of the molecule is COc1cc(NC(=O)CCN)ccc1NC(=O)/C=C/c1ccccc1. The highest BCUT2D eigenvalue weighted by Crippen LogP contribution is 2.28. The molecule has 25 heavy (non-hydrogen) atoms. The van der Waals surface area contributed by atoms with Gasteiger partial charge in [-0.25, -0.2) is 0 Å². The third-order valence-electron chi connectivity index (χ3n) is 3.34. The van der Waals surface area contributed by atoms with E-state index in [0.717, 1.165) is 5.56 Å². The van der Waals surface area contributed by atoms with Gasteiger partial charge in [-0.05, 0) is 23.8 Å². The summed E-state index contributed by atoms with van der Waals surface area (Å²) in [6.07, 6.45) is 3.42. The van der Waals surface area contributed by atoms with Gasteiger partial charge in [-0.3, -0.25) is 9.59 Å². The fraction of sp³-hybridized carbons (Fsp3) is 0.158. The topological polar surface area (TPSA) is 93.4 Å². The fourth-order valence-corrected chi connectivity index (χ4v) is 2.14. The Morgan fingerprint density at radius 1 is 1.12 bits per heavy atom. The van der Waals surface area contributed by atoms with Gasteiger partial charge >= 0.3 is 0 Å². The average Bonchev–Trinajstić information content (AvgIpc) is 2.62. The average molecular weight is 339 g/mol. The summed E-state index contributed by atoms with van der Waals surface area (Å²) in [6, 6.07) is 14.5. The maximum absolute atomic E-state index is 12.1. The molecule has 0 unspecified atom stereocenters. The number of nitrogens with one attached hydrogen (secondary N) is 2. The lowest BCUT2D eigenvalue weighted by atomic mass is 10.2. The molecule has 2 aromatic rings. The zero-order valence-electron chi connectivity index (χ0n) is 14.0. The smallest absolute Gasteiger partial charge is 0.248 e. The lowest BCUT2D eigenvalue weighted by molar-refractivity contribution is -0.116. The quantitative estimate of drug-likeness (QED) is 0.676. The van der Waals surface area contributed by atoms with E-state index in [-0.39, 0.29) is 24.8 Å². The number of hydrogen-bond donors (Lipinski definition) is 3. The molecule has 130 valence electrons. The van der Waals surface area contributed by atoms with E-state index in [9.17, 15) is 9.59 Å². The molecule has 0 saturated carbocycles. The van der Waals surface area contributed by atoms with E-state index in [1.165, 1.54) is 13.2 Å². The summed E-state index contributed by atoms with van der Waals surface area (Å²) < 4.78 is 5.28. The summed E-state index contributed by atoms with van der Waals surface area (Å²) in [5.41, 5.74) is 7.37. The lowest BCUT2D eigenvalue weighted by Crippen LogP contribution is -2.16. The van der Waals surface area contributed by atoms with E-state index in [1.807, 2.05) is 30.3 Å². The van der Waals surface area contributed by atoms with Crippen LogP contribution in [0.3, 0.4) is 0 Å². The highest BCUT2D eigenvalue weighted by molar-refractivity contribution is 6.03. The zero-order chi connectivity index (χ0) is 18.1. The molecule has 0 aromatic heterocycles. The number of rotatable bonds is 7. The number of carbonyl (C=O) groups excluding carboxylic acids is 2. The van der Waals surface area contributed by atoms with E-state index in [4.69, 9.17) is 10.5 Å². The highest BCUT2D eigenvalue weighted by Gasteiger charge is 2.08. The molecule has 2 aromatic carbocycles. The molecule has 0 atom stereocenters. The zero-order valence-corrected chi connectivity index (χ0v) is 14.0. The summed E-state index contributed by atoms with van der Waals surface area (Å²) >= 11 is 0. The highest BCUT2D eigenvalue weighted by atomic mass is 16.5. The Kier molecular flexibility index (Phi) is 6.74. The first-order chi connectivity index (χ1) is 12.1. The van der Waals surface area contributed by atoms with Crippen molar-refractivity contribution in [3.05, 3.63) is 60.2 Å². The number of methoxy groups -OCH3 is 1. The first kappa shape index (κ1) is 18.2. The van der Waals surface area contributed by atoms with Crippen molar-refractivity contribution in [3.8, 4) is 5.75 Å². The predicted molar refractivity (Wildman–Crippen MR) is 99.4 cm³/mol. The Hall–Kier alpha value is -3.12. The third kappa shape index (κ3) is 5.78. The number of amides is 2. The van der Waals surface area contributed by atoms with Gasteiger partial charge in [0.25, 0.3) is 0 Å². The van der Waals surface area contributed by atoms with Crippen LogP contribution in [0.5, 0.6) is 5.75 Å². The maximum atomic E-state index is 12.1. The number of anilines is 2. The van der Waals surface area contributed by atoms with Crippen molar-refractivity contribution in [1.82, 2.24) is 0 Å². The first-order valence-corrected chi connectivity index (χ1v) is 7.84. The normalized spacial score (nSPS) is 10.5. The molecule has 0 heterocycles. The van der Waals surface area contributed by atoms with Gasteiger partial charge in [-0.2, -0.15) is 0 Å². The van der Waals surface area contributed by atoms with Crippen LogP contribution in [-0.4, -0.2) is 25.5 Å². The second-order valence-electron chi connectivity index (χ2n) is 5.24. The Morgan fingerprint density at radius 2 is 1.88 bits per heavy atom. The molecule has 0 saturated heterocycles. The van der Waals surface area contributed by atoms with Crippen molar-refractivity contribution >= 4 is 29.3 Å². The van der Waals surface area contributed by atoms with Gasteiger partial charge < -0.3 is 21.1 Å². The Balaban J connectivity index is 2.04. The van der Waals surface area contributed by atoms with Gasteiger partial charge in [0.1, 0.15) is 5.75 Å². The molecule has 0 aliphatic heterocycles. The maximum Gasteiger partial charge on any atom is 0.248 e. The van der Waals surface area contributed by atoms with Crippen LogP contribution in [0.2, 0.25) is 0 Å². The van der Waals surface area contributed by atoms with Gasteiger partial charge in [0.15, 0.2) is 0 Å². The van der Waals surface area contributed by atoms with Gasteiger partial charge in [0, 0.05) is 30.8 Å². The molecule has 0 fully saturated rings. The van der Waals surface area contributed by atoms with E-state index in [2.05, 4.69) is 10.6 Å². The molecule has 6 heteroatoms. The van der Waals surface area contributed by atoms with Crippen molar-refractivity contribution in [2.45, 2.75) is 6.42 Å². The molecule has 2 rings (SSSR count). The predicted octanol–water partition coefficient (Wildman–Crippen LogP) is 2.63. The number of hydrogen-bond acceptors (Lipinski definition) is 4. The van der Waals surface area contributed by atoms with Crippen LogP contribution >= 0.6 is 0 Å². The molecular weight excluding hydrogens is 318 g/mol. The van der Waals surface area contributed by atoms with Crippen molar-refractivity contribution in [2.75, 3.05) is 24.3 Å². The van der Waals surface area contributed by atoms with Crippen LogP contribution in [0.1, 0.15) is 12.0 Å². The molecule has 4 N–H and O–H groups in total. The van der Waals surface area contributed by atoms with E-state index < -0.39 is 0 Å². The molecule has 0 radical (unpaired) electrons. The second-order valence-corrected chi connectivity index (χ2v) is 5.24. The van der Waals surface area contributed by atoms with Crippen molar-refractivity contribution in [1.29, 1.82) is 0 Å². The monoisotopic (exact) mass is 339 g/mol. The van der Waals surface area contributed by atoms with Crippen LogP contribution in [-0.2, 0) is 9.59 Å².